The van der Waals surface area contributed by atoms with Gasteiger partial charge in [-0.15, -0.1) is 16.9 Å². The summed E-state index contributed by atoms with van der Waals surface area (Å²) in [5.74, 6) is 1.89. The number of hydrogen-bond donors (Lipinski definition) is 2. The number of piperazine rings is 1. The summed E-state index contributed by atoms with van der Waals surface area (Å²) in [6.45, 7) is 11.9. The molecule has 1 aliphatic heterocycles. The summed E-state index contributed by atoms with van der Waals surface area (Å²) >= 11 is 1.87. The first kappa shape index (κ1) is 24.9. The van der Waals surface area contributed by atoms with E-state index in [1.165, 1.54) is 24.9 Å². The third kappa shape index (κ3) is 5.49. The first-order valence-electron chi connectivity index (χ1n) is 12.9. The maximum atomic E-state index is 9.16. The number of hydrogen-bond acceptors (Lipinski definition) is 8. The number of aryl methyl sites for hydroxylation is 1. The smallest absolute Gasteiger partial charge is 0.157 e. The summed E-state index contributed by atoms with van der Waals surface area (Å²) < 4.78 is 0. The number of benzene rings is 1. The lowest BCUT2D eigenvalue weighted by Gasteiger charge is -2.30. The molecule has 1 atom stereocenters. The van der Waals surface area contributed by atoms with Crippen molar-refractivity contribution in [1.82, 2.24) is 25.4 Å². The molecule has 3 aromatic rings. The zero-order valence-electron chi connectivity index (χ0n) is 21.5. The van der Waals surface area contributed by atoms with E-state index < -0.39 is 0 Å². The van der Waals surface area contributed by atoms with Gasteiger partial charge in [0.05, 0.1) is 29.3 Å². The summed E-state index contributed by atoms with van der Waals surface area (Å²) in [4.78, 5) is 7.40. The van der Waals surface area contributed by atoms with E-state index in [4.69, 9.17) is 10.2 Å². The Hall–Kier alpha value is -2.73. The quantitative estimate of drug-likeness (QED) is 0.409. The molecule has 3 heterocycles. The Balaban J connectivity index is 1.34. The number of fused-ring (bicyclic) bond motifs is 1. The summed E-state index contributed by atoms with van der Waals surface area (Å²) in [6, 6.07) is 10.6. The average molecular weight is 502 g/mol. The van der Waals surface area contributed by atoms with Crippen molar-refractivity contribution in [3.63, 3.8) is 0 Å². The largest absolute Gasteiger partial charge is 0.362 e. The van der Waals surface area contributed by atoms with E-state index in [0.717, 1.165) is 70.4 Å². The van der Waals surface area contributed by atoms with E-state index >= 15 is 0 Å². The molecule has 2 N–H and O–H groups in total. The molecular formula is C28H35N7S. The van der Waals surface area contributed by atoms with E-state index in [9.17, 15) is 0 Å². The molecule has 0 unspecified atom stereocenters. The number of nitrogens with zero attached hydrogens (tertiary/aromatic N) is 5. The molecule has 0 radical (unpaired) electrons. The molecule has 2 aromatic heterocycles. The van der Waals surface area contributed by atoms with Crippen LogP contribution in [0.1, 0.15) is 48.2 Å². The molecule has 188 valence electrons. The Kier molecular flexibility index (Phi) is 7.42. The Morgan fingerprint density at radius 2 is 2.00 bits per heavy atom. The number of aromatic nitrogens is 3. The Labute approximate surface area is 218 Å². The zero-order chi connectivity index (χ0) is 25.1. The second-order valence-corrected chi connectivity index (χ2v) is 11.3. The number of pyridine rings is 1. The van der Waals surface area contributed by atoms with E-state index in [-0.39, 0.29) is 6.04 Å². The highest BCUT2D eigenvalue weighted by molar-refractivity contribution is 7.99. The minimum atomic E-state index is 0.0295. The van der Waals surface area contributed by atoms with Gasteiger partial charge >= 0.3 is 0 Å². The highest BCUT2D eigenvalue weighted by Crippen LogP contribution is 2.49. The lowest BCUT2D eigenvalue weighted by atomic mass is 9.96. The second-order valence-electron chi connectivity index (χ2n) is 10.3. The first-order valence-corrected chi connectivity index (χ1v) is 13.9. The summed E-state index contributed by atoms with van der Waals surface area (Å²) in [7, 11) is 0. The van der Waals surface area contributed by atoms with Gasteiger partial charge in [-0.25, -0.2) is 4.98 Å². The van der Waals surface area contributed by atoms with E-state index in [1.807, 2.05) is 37.0 Å². The van der Waals surface area contributed by atoms with Gasteiger partial charge in [-0.05, 0) is 61.8 Å². The van der Waals surface area contributed by atoms with Gasteiger partial charge in [0.2, 0.25) is 0 Å². The molecular weight excluding hydrogens is 466 g/mol. The van der Waals surface area contributed by atoms with Crippen LogP contribution in [0.15, 0.2) is 35.5 Å². The van der Waals surface area contributed by atoms with Crippen LogP contribution in [0.3, 0.4) is 0 Å². The third-order valence-corrected chi connectivity index (χ3v) is 8.93. The molecule has 36 heavy (non-hydrogen) atoms. The van der Waals surface area contributed by atoms with Crippen molar-refractivity contribution in [2.45, 2.75) is 51.1 Å². The van der Waals surface area contributed by atoms with Crippen molar-refractivity contribution in [2.75, 3.05) is 43.8 Å². The molecule has 2 fully saturated rings. The van der Waals surface area contributed by atoms with Crippen molar-refractivity contribution < 1.29 is 0 Å². The van der Waals surface area contributed by atoms with Crippen LogP contribution in [0.2, 0.25) is 0 Å². The molecule has 1 saturated heterocycles. The molecule has 0 amide bonds. The predicted molar refractivity (Wildman–Crippen MR) is 146 cm³/mol. The molecule has 5 rings (SSSR count). The monoisotopic (exact) mass is 501 g/mol. The minimum absolute atomic E-state index is 0.0295. The van der Waals surface area contributed by atoms with Gasteiger partial charge < -0.3 is 15.5 Å². The van der Waals surface area contributed by atoms with E-state index in [0.29, 0.717) is 11.8 Å². The van der Waals surface area contributed by atoms with Crippen molar-refractivity contribution in [1.29, 1.82) is 5.26 Å². The fourth-order valence-corrected chi connectivity index (χ4v) is 6.33. The molecule has 1 aromatic carbocycles. The number of rotatable bonds is 9. The molecule has 8 heteroatoms. The average Bonchev–Trinajstić information content (AvgIpc) is 3.66. The lowest BCUT2D eigenvalue weighted by molar-refractivity contribution is 0.205. The topological polar surface area (TPSA) is 89.8 Å². The Morgan fingerprint density at radius 1 is 1.19 bits per heavy atom. The van der Waals surface area contributed by atoms with Gasteiger partial charge in [-0.1, -0.05) is 18.2 Å². The van der Waals surface area contributed by atoms with E-state index in [1.54, 1.807) is 0 Å². The minimum Gasteiger partial charge on any atom is -0.362 e. The van der Waals surface area contributed by atoms with Crippen molar-refractivity contribution in [3.05, 3.63) is 52.8 Å². The standard InChI is InChI=1S/C28H35N7S/c1-19-22(7-10-29)5-4-6-23(19)20(2)32-27-24-15-26(31-16-25(24)21(3)33-34-27)36-18-28(8-9-28)17-35-13-11-30-12-14-35/h4-6,15-16,20,30H,7-9,11-14,17-18H2,1-3H3,(H,32,34)/t20-/m1/s1. The highest BCUT2D eigenvalue weighted by Gasteiger charge is 2.43. The second kappa shape index (κ2) is 10.7. The highest BCUT2D eigenvalue weighted by atomic mass is 32.2. The lowest BCUT2D eigenvalue weighted by Crippen LogP contribution is -2.46. The molecule has 0 bridgehead atoms. The van der Waals surface area contributed by atoms with Gasteiger partial charge in [0.25, 0.3) is 0 Å². The van der Waals surface area contributed by atoms with Crippen molar-refractivity contribution in [3.8, 4) is 6.07 Å². The van der Waals surface area contributed by atoms with E-state index in [2.05, 4.69) is 57.8 Å². The van der Waals surface area contributed by atoms with Gasteiger partial charge in [0.15, 0.2) is 5.82 Å². The van der Waals surface area contributed by atoms with Crippen LogP contribution < -0.4 is 10.6 Å². The fourth-order valence-electron chi connectivity index (χ4n) is 5.17. The van der Waals surface area contributed by atoms with Crippen molar-refractivity contribution in [2.24, 2.45) is 5.41 Å². The van der Waals surface area contributed by atoms with Gasteiger partial charge in [0, 0.05) is 55.4 Å². The predicted octanol–water partition coefficient (Wildman–Crippen LogP) is 4.66. The third-order valence-electron chi connectivity index (χ3n) is 7.65. The van der Waals surface area contributed by atoms with Crippen LogP contribution in [-0.2, 0) is 6.42 Å². The number of nitriles is 1. The number of anilines is 1. The fraction of sp³-hybridized carbons (Fsp3) is 0.500. The molecule has 2 aliphatic rings. The maximum Gasteiger partial charge on any atom is 0.157 e. The van der Waals surface area contributed by atoms with Crippen LogP contribution in [0.4, 0.5) is 5.82 Å². The first-order chi connectivity index (χ1) is 17.5. The van der Waals surface area contributed by atoms with Crippen LogP contribution in [0, 0.1) is 30.6 Å². The number of thioether (sulfide) groups is 1. The van der Waals surface area contributed by atoms with Crippen LogP contribution in [0.5, 0.6) is 0 Å². The maximum absolute atomic E-state index is 9.16. The van der Waals surface area contributed by atoms with Gasteiger partial charge in [-0.2, -0.15) is 10.4 Å². The van der Waals surface area contributed by atoms with Gasteiger partial charge in [-0.3, -0.25) is 0 Å². The van der Waals surface area contributed by atoms with Crippen LogP contribution in [-0.4, -0.2) is 58.6 Å². The molecule has 7 nitrogen and oxygen atoms in total. The molecule has 1 saturated carbocycles. The molecule has 0 spiro atoms. The molecule has 1 aliphatic carbocycles. The zero-order valence-corrected chi connectivity index (χ0v) is 22.3. The summed E-state index contributed by atoms with van der Waals surface area (Å²) in [5.41, 5.74) is 4.72. The summed E-state index contributed by atoms with van der Waals surface area (Å²) in [6.07, 6.45) is 5.00. The van der Waals surface area contributed by atoms with Crippen LogP contribution in [0.25, 0.3) is 10.8 Å². The Morgan fingerprint density at radius 3 is 2.75 bits per heavy atom. The normalized spacial score (nSPS) is 18.1. The van der Waals surface area contributed by atoms with Crippen molar-refractivity contribution >= 4 is 28.4 Å². The Bertz CT molecular complexity index is 1270. The summed E-state index contributed by atoms with van der Waals surface area (Å²) in [5, 5.41) is 28.3. The number of nitrogens with one attached hydrogen (secondary N) is 2. The van der Waals surface area contributed by atoms with Crippen LogP contribution >= 0.6 is 11.8 Å². The van der Waals surface area contributed by atoms with Gasteiger partial charge in [0.1, 0.15) is 0 Å². The SMILES string of the molecule is Cc1c(CC#N)cccc1[C@@H](C)Nc1nnc(C)c2cnc(SCC3(CN4CCNCC4)CC3)cc12.